The van der Waals surface area contributed by atoms with Crippen LogP contribution in [0.25, 0.3) is 0 Å². The van der Waals surface area contributed by atoms with Gasteiger partial charge < -0.3 is 22.3 Å². The summed E-state index contributed by atoms with van der Waals surface area (Å²) in [6.07, 6.45) is -0.0606. The molecule has 0 heterocycles. The summed E-state index contributed by atoms with van der Waals surface area (Å²) in [5.74, 6) is -0.968. The van der Waals surface area contributed by atoms with E-state index in [9.17, 15) is 4.79 Å². The normalized spacial score (nSPS) is 18.3. The summed E-state index contributed by atoms with van der Waals surface area (Å²) in [5, 5.41) is 8.44. The Hall–Kier alpha value is -0.650. The fourth-order valence-corrected chi connectivity index (χ4v) is 0.920. The van der Waals surface area contributed by atoms with E-state index in [0.717, 1.165) is 0 Å². The van der Waals surface area contributed by atoms with Crippen molar-refractivity contribution in [2.75, 3.05) is 6.54 Å². The number of hydrogen-bond donors (Lipinski definition) is 4. The van der Waals surface area contributed by atoms with Crippen molar-refractivity contribution < 1.29 is 9.90 Å². The number of nitrogens with two attached hydrogens (primary N) is 3. The van der Waals surface area contributed by atoms with Gasteiger partial charge in [0.15, 0.2) is 0 Å². The van der Waals surface area contributed by atoms with E-state index in [1.165, 1.54) is 0 Å². The third kappa shape index (κ3) is 3.66. The molecule has 0 aromatic heterocycles. The third-order valence-corrected chi connectivity index (χ3v) is 2.03. The maximum Gasteiger partial charge on any atom is 0.304 e. The lowest BCUT2D eigenvalue weighted by Crippen LogP contribution is -2.45. The van der Waals surface area contributed by atoms with Gasteiger partial charge in [-0.15, -0.1) is 0 Å². The highest BCUT2D eigenvalue weighted by atomic mass is 16.4. The predicted molar refractivity (Wildman–Crippen MR) is 46.4 cm³/mol. The Bertz CT molecular complexity index is 152. The molecular weight excluding hydrogens is 158 g/mol. The van der Waals surface area contributed by atoms with E-state index in [1.54, 1.807) is 0 Å². The van der Waals surface area contributed by atoms with Crippen molar-refractivity contribution in [2.24, 2.45) is 23.1 Å². The zero-order valence-electron chi connectivity index (χ0n) is 7.23. The number of carbonyl (C=O) groups is 1. The molecule has 0 fully saturated rings. The standard InChI is InChI=1S/C7H17N3O2/c1-4(6(10)3-8)5(9)2-7(11)12/h4-6H,2-3,8-10H2,1H3,(H,11,12)/t4-,5-,6+/m1/s1. The van der Waals surface area contributed by atoms with Gasteiger partial charge in [0, 0.05) is 18.6 Å². The number of carboxylic acid groups (broad SMARTS) is 1. The second kappa shape index (κ2) is 5.08. The fraction of sp³-hybridized carbons (Fsp3) is 0.857. The number of aliphatic carboxylic acids is 1. The van der Waals surface area contributed by atoms with Crippen LogP contribution in [-0.2, 0) is 4.79 Å². The van der Waals surface area contributed by atoms with Crippen molar-refractivity contribution in [3.05, 3.63) is 0 Å². The molecule has 5 heteroatoms. The van der Waals surface area contributed by atoms with Crippen molar-refractivity contribution in [3.63, 3.8) is 0 Å². The highest BCUT2D eigenvalue weighted by molar-refractivity contribution is 5.67. The van der Waals surface area contributed by atoms with Crippen molar-refractivity contribution in [1.82, 2.24) is 0 Å². The monoisotopic (exact) mass is 175 g/mol. The first-order chi connectivity index (χ1) is 5.49. The lowest BCUT2D eigenvalue weighted by molar-refractivity contribution is -0.137. The minimum absolute atomic E-state index is 0.0606. The Morgan fingerprint density at radius 3 is 2.25 bits per heavy atom. The first kappa shape index (κ1) is 11.4. The maximum atomic E-state index is 10.3. The molecule has 0 aromatic carbocycles. The van der Waals surface area contributed by atoms with Gasteiger partial charge in [0.1, 0.15) is 0 Å². The van der Waals surface area contributed by atoms with E-state index >= 15 is 0 Å². The minimum Gasteiger partial charge on any atom is -0.481 e. The molecule has 0 bridgehead atoms. The van der Waals surface area contributed by atoms with E-state index in [1.807, 2.05) is 6.92 Å². The number of hydrogen-bond acceptors (Lipinski definition) is 4. The van der Waals surface area contributed by atoms with Gasteiger partial charge in [-0.25, -0.2) is 0 Å². The topological polar surface area (TPSA) is 115 Å². The van der Waals surface area contributed by atoms with Crippen LogP contribution in [0.15, 0.2) is 0 Å². The molecule has 0 unspecified atom stereocenters. The highest BCUT2D eigenvalue weighted by Gasteiger charge is 2.20. The van der Waals surface area contributed by atoms with Crippen LogP contribution in [0.4, 0.5) is 0 Å². The summed E-state index contributed by atoms with van der Waals surface area (Å²) in [4.78, 5) is 10.3. The SMILES string of the molecule is C[C@H]([C@H](N)CC(=O)O)[C@@H](N)CN. The molecule has 3 atom stereocenters. The second-order valence-corrected chi connectivity index (χ2v) is 3.02. The van der Waals surface area contributed by atoms with Gasteiger partial charge in [-0.3, -0.25) is 4.79 Å². The van der Waals surface area contributed by atoms with Crippen LogP contribution < -0.4 is 17.2 Å². The highest BCUT2D eigenvalue weighted by Crippen LogP contribution is 2.07. The molecule has 0 aliphatic carbocycles. The summed E-state index contributed by atoms with van der Waals surface area (Å²) >= 11 is 0. The van der Waals surface area contributed by atoms with E-state index in [4.69, 9.17) is 22.3 Å². The molecular formula is C7H17N3O2. The molecule has 0 saturated heterocycles. The molecule has 0 aliphatic rings. The second-order valence-electron chi connectivity index (χ2n) is 3.02. The molecule has 0 spiro atoms. The lowest BCUT2D eigenvalue weighted by atomic mass is 9.93. The summed E-state index contributed by atoms with van der Waals surface area (Å²) in [6.45, 7) is 2.14. The molecule has 0 rings (SSSR count). The van der Waals surface area contributed by atoms with Crippen molar-refractivity contribution in [2.45, 2.75) is 25.4 Å². The Labute approximate surface area is 71.9 Å². The van der Waals surface area contributed by atoms with E-state index in [-0.39, 0.29) is 18.4 Å². The van der Waals surface area contributed by atoms with Crippen molar-refractivity contribution >= 4 is 5.97 Å². The van der Waals surface area contributed by atoms with Gasteiger partial charge in [0.05, 0.1) is 6.42 Å². The van der Waals surface area contributed by atoms with Gasteiger partial charge >= 0.3 is 5.97 Å². The summed E-state index contributed by atoms with van der Waals surface area (Å²) in [7, 11) is 0. The summed E-state index contributed by atoms with van der Waals surface area (Å²) in [5.41, 5.74) is 16.5. The van der Waals surface area contributed by atoms with Gasteiger partial charge in [0.25, 0.3) is 0 Å². The van der Waals surface area contributed by atoms with Crippen molar-refractivity contribution in [1.29, 1.82) is 0 Å². The Morgan fingerprint density at radius 1 is 1.42 bits per heavy atom. The van der Waals surface area contributed by atoms with Crippen LogP contribution in [-0.4, -0.2) is 29.7 Å². The van der Waals surface area contributed by atoms with Gasteiger partial charge in [-0.05, 0) is 5.92 Å². The van der Waals surface area contributed by atoms with Crippen LogP contribution in [0.3, 0.4) is 0 Å². The van der Waals surface area contributed by atoms with Crippen LogP contribution in [0.2, 0.25) is 0 Å². The lowest BCUT2D eigenvalue weighted by Gasteiger charge is -2.23. The van der Waals surface area contributed by atoms with Crippen molar-refractivity contribution in [3.8, 4) is 0 Å². The van der Waals surface area contributed by atoms with Crippen LogP contribution in [0.1, 0.15) is 13.3 Å². The molecule has 0 aromatic rings. The molecule has 12 heavy (non-hydrogen) atoms. The number of carboxylic acids is 1. The van der Waals surface area contributed by atoms with E-state index in [0.29, 0.717) is 6.54 Å². The average molecular weight is 175 g/mol. The zero-order valence-corrected chi connectivity index (χ0v) is 7.23. The summed E-state index contributed by atoms with van der Waals surface area (Å²) < 4.78 is 0. The largest absolute Gasteiger partial charge is 0.481 e. The van der Waals surface area contributed by atoms with Gasteiger partial charge in [-0.1, -0.05) is 6.92 Å². The maximum absolute atomic E-state index is 10.3. The average Bonchev–Trinajstić information content (AvgIpc) is 2.00. The quantitative estimate of drug-likeness (QED) is 0.415. The molecule has 0 aliphatic heterocycles. The first-order valence-corrected chi connectivity index (χ1v) is 3.92. The molecule has 0 amide bonds. The Morgan fingerprint density at radius 2 is 1.92 bits per heavy atom. The number of rotatable bonds is 5. The first-order valence-electron chi connectivity index (χ1n) is 3.92. The summed E-state index contributed by atoms with van der Waals surface area (Å²) in [6, 6.07) is -0.639. The van der Waals surface area contributed by atoms with Crippen LogP contribution in [0, 0.1) is 5.92 Å². The van der Waals surface area contributed by atoms with Crippen LogP contribution >= 0.6 is 0 Å². The van der Waals surface area contributed by atoms with E-state index in [2.05, 4.69) is 0 Å². The fourth-order valence-electron chi connectivity index (χ4n) is 0.920. The minimum atomic E-state index is -0.904. The van der Waals surface area contributed by atoms with Gasteiger partial charge in [-0.2, -0.15) is 0 Å². The predicted octanol–water partition coefficient (Wildman–Crippen LogP) is -1.29. The zero-order chi connectivity index (χ0) is 9.72. The van der Waals surface area contributed by atoms with Crippen LogP contribution in [0.5, 0.6) is 0 Å². The Kier molecular flexibility index (Phi) is 4.80. The van der Waals surface area contributed by atoms with E-state index < -0.39 is 12.0 Å². The Balaban J connectivity index is 3.91. The molecule has 72 valence electrons. The molecule has 5 nitrogen and oxygen atoms in total. The third-order valence-electron chi connectivity index (χ3n) is 2.03. The molecule has 7 N–H and O–H groups in total. The molecule has 0 saturated carbocycles. The molecule has 0 radical (unpaired) electrons. The smallest absolute Gasteiger partial charge is 0.304 e. The van der Waals surface area contributed by atoms with Gasteiger partial charge in [0.2, 0.25) is 0 Å².